The lowest BCUT2D eigenvalue weighted by molar-refractivity contribution is -0.137. The molecule has 6 rings (SSSR count). The molecule has 2 unspecified atom stereocenters. The first kappa shape index (κ1) is 26.7. The van der Waals surface area contributed by atoms with Crippen molar-refractivity contribution in [2.24, 2.45) is 7.05 Å². The Balaban J connectivity index is 1.26. The number of aromatic nitrogens is 1. The molecular formula is C33H35F3N4. The Morgan fingerprint density at radius 3 is 2.27 bits per heavy atom. The molecule has 1 aromatic heterocycles. The molecule has 2 aliphatic heterocycles. The fraction of sp³-hybridized carbons (Fsp3) is 0.333. The minimum absolute atomic E-state index is 0.205. The van der Waals surface area contributed by atoms with Gasteiger partial charge in [-0.05, 0) is 47.0 Å². The SMILES string of the molecule is Cn1cccc1C1C(CN2CCN(c3cccc(C(F)(F)F)c3)CC2)c2ccccc2CN1Cc1ccccc1. The summed E-state index contributed by atoms with van der Waals surface area (Å²) in [6.07, 6.45) is -2.20. The highest BCUT2D eigenvalue weighted by atomic mass is 19.4. The fourth-order valence-corrected chi connectivity index (χ4v) is 6.47. The van der Waals surface area contributed by atoms with E-state index in [4.69, 9.17) is 0 Å². The summed E-state index contributed by atoms with van der Waals surface area (Å²) in [5.74, 6) is 0.266. The lowest BCUT2D eigenvalue weighted by atomic mass is 9.81. The normalized spacial score (nSPS) is 20.4. The van der Waals surface area contributed by atoms with E-state index in [2.05, 4.69) is 99.2 Å². The summed E-state index contributed by atoms with van der Waals surface area (Å²) in [5.41, 5.74) is 5.44. The van der Waals surface area contributed by atoms with Gasteiger partial charge < -0.3 is 9.47 Å². The van der Waals surface area contributed by atoms with Crippen LogP contribution in [0.15, 0.2) is 97.2 Å². The van der Waals surface area contributed by atoms with Crippen LogP contribution in [-0.4, -0.2) is 47.1 Å². The first-order valence-corrected chi connectivity index (χ1v) is 14.0. The molecule has 1 fully saturated rings. The lowest BCUT2D eigenvalue weighted by Gasteiger charge is -2.46. The summed E-state index contributed by atoms with van der Waals surface area (Å²) < 4.78 is 42.1. The molecule has 4 nitrogen and oxygen atoms in total. The zero-order chi connectivity index (χ0) is 27.7. The van der Waals surface area contributed by atoms with Gasteiger partial charge in [-0.1, -0.05) is 60.7 Å². The van der Waals surface area contributed by atoms with E-state index in [1.54, 1.807) is 6.07 Å². The maximum Gasteiger partial charge on any atom is 0.416 e. The Morgan fingerprint density at radius 2 is 1.55 bits per heavy atom. The van der Waals surface area contributed by atoms with Crippen molar-refractivity contribution in [3.05, 3.63) is 125 Å². The maximum atomic E-state index is 13.3. The fourth-order valence-electron chi connectivity index (χ4n) is 6.47. The number of benzene rings is 3. The molecule has 0 bridgehead atoms. The molecule has 0 N–H and O–H groups in total. The van der Waals surface area contributed by atoms with Crippen molar-refractivity contribution in [2.45, 2.75) is 31.2 Å². The van der Waals surface area contributed by atoms with Gasteiger partial charge in [0.05, 0.1) is 11.6 Å². The van der Waals surface area contributed by atoms with Gasteiger partial charge in [0.2, 0.25) is 0 Å². The Kier molecular flexibility index (Phi) is 7.43. The number of aryl methyl sites for hydroxylation is 1. The number of hydrogen-bond donors (Lipinski definition) is 0. The minimum atomic E-state index is -4.33. The molecule has 4 aromatic rings. The average molecular weight is 545 g/mol. The monoisotopic (exact) mass is 544 g/mol. The molecule has 0 saturated carbocycles. The molecular weight excluding hydrogens is 509 g/mol. The number of anilines is 1. The Bertz CT molecular complexity index is 1420. The van der Waals surface area contributed by atoms with Crippen LogP contribution in [0, 0.1) is 0 Å². The summed E-state index contributed by atoms with van der Waals surface area (Å²) in [6, 6.07) is 29.8. The van der Waals surface area contributed by atoms with E-state index in [-0.39, 0.29) is 12.0 Å². The molecule has 1 saturated heterocycles. The highest BCUT2D eigenvalue weighted by molar-refractivity contribution is 5.49. The largest absolute Gasteiger partial charge is 0.416 e. The highest BCUT2D eigenvalue weighted by Crippen LogP contribution is 2.44. The summed E-state index contributed by atoms with van der Waals surface area (Å²) in [7, 11) is 2.13. The third-order valence-corrected chi connectivity index (χ3v) is 8.48. The molecule has 2 aliphatic rings. The van der Waals surface area contributed by atoms with Gasteiger partial charge >= 0.3 is 6.18 Å². The van der Waals surface area contributed by atoms with E-state index in [1.807, 2.05) is 0 Å². The second-order valence-electron chi connectivity index (χ2n) is 11.0. The number of hydrogen-bond acceptors (Lipinski definition) is 3. The zero-order valence-corrected chi connectivity index (χ0v) is 22.8. The molecule has 0 spiro atoms. The first-order valence-electron chi connectivity index (χ1n) is 14.0. The predicted octanol–water partition coefficient (Wildman–Crippen LogP) is 6.71. The second kappa shape index (κ2) is 11.1. The molecule has 40 heavy (non-hydrogen) atoms. The molecule has 3 aromatic carbocycles. The van der Waals surface area contributed by atoms with Crippen LogP contribution in [0.4, 0.5) is 18.9 Å². The van der Waals surface area contributed by atoms with Crippen molar-refractivity contribution in [1.82, 2.24) is 14.4 Å². The molecule has 7 heteroatoms. The van der Waals surface area contributed by atoms with Crippen LogP contribution in [-0.2, 0) is 26.3 Å². The van der Waals surface area contributed by atoms with Gasteiger partial charge in [0.25, 0.3) is 0 Å². The maximum absolute atomic E-state index is 13.3. The Hall–Kier alpha value is -3.55. The molecule has 208 valence electrons. The van der Waals surface area contributed by atoms with Crippen LogP contribution < -0.4 is 4.90 Å². The van der Waals surface area contributed by atoms with Gasteiger partial charge in [0, 0.05) is 76.4 Å². The van der Waals surface area contributed by atoms with E-state index in [0.29, 0.717) is 18.8 Å². The van der Waals surface area contributed by atoms with Gasteiger partial charge in [-0.2, -0.15) is 13.2 Å². The van der Waals surface area contributed by atoms with Gasteiger partial charge in [-0.25, -0.2) is 0 Å². The topological polar surface area (TPSA) is 14.7 Å². The standard InChI is InChI=1S/C33H35F3N4/c1-37-16-8-15-31(37)32-30(29-14-6-5-11-26(29)23-40(32)22-25-9-3-2-4-10-25)24-38-17-19-39(20-18-38)28-13-7-12-27(21-28)33(34,35)36/h2-16,21,30,32H,17-20,22-24H2,1H3. The van der Waals surface area contributed by atoms with E-state index >= 15 is 0 Å². The summed E-state index contributed by atoms with van der Waals surface area (Å²) in [6.45, 7) is 5.69. The number of alkyl halides is 3. The van der Waals surface area contributed by atoms with Crippen molar-refractivity contribution in [3.8, 4) is 0 Å². The Morgan fingerprint density at radius 1 is 0.800 bits per heavy atom. The van der Waals surface area contributed by atoms with Gasteiger partial charge in [0.1, 0.15) is 0 Å². The van der Waals surface area contributed by atoms with E-state index in [9.17, 15) is 13.2 Å². The van der Waals surface area contributed by atoms with Crippen molar-refractivity contribution < 1.29 is 13.2 Å². The van der Waals surface area contributed by atoms with Crippen LogP contribution in [0.2, 0.25) is 0 Å². The molecule has 0 aliphatic carbocycles. The third kappa shape index (κ3) is 5.54. The smallest absolute Gasteiger partial charge is 0.369 e. The van der Waals surface area contributed by atoms with Gasteiger partial charge in [0.15, 0.2) is 0 Å². The van der Waals surface area contributed by atoms with Crippen LogP contribution in [0.1, 0.15) is 39.9 Å². The number of halogens is 3. The summed E-state index contributed by atoms with van der Waals surface area (Å²) >= 11 is 0. The molecule has 3 heterocycles. The minimum Gasteiger partial charge on any atom is -0.369 e. The van der Waals surface area contributed by atoms with E-state index in [0.717, 1.165) is 38.8 Å². The summed E-state index contributed by atoms with van der Waals surface area (Å²) in [4.78, 5) is 7.18. The molecule has 0 radical (unpaired) electrons. The second-order valence-corrected chi connectivity index (χ2v) is 11.0. The number of rotatable bonds is 6. The number of piperazine rings is 1. The van der Waals surface area contributed by atoms with Crippen LogP contribution >= 0.6 is 0 Å². The predicted molar refractivity (Wildman–Crippen MR) is 153 cm³/mol. The third-order valence-electron chi connectivity index (χ3n) is 8.48. The molecule has 2 atom stereocenters. The Labute approximate surface area is 234 Å². The summed E-state index contributed by atoms with van der Waals surface area (Å²) in [5, 5.41) is 0. The average Bonchev–Trinajstić information content (AvgIpc) is 3.39. The van der Waals surface area contributed by atoms with Crippen molar-refractivity contribution >= 4 is 5.69 Å². The van der Waals surface area contributed by atoms with Crippen molar-refractivity contribution in [1.29, 1.82) is 0 Å². The van der Waals surface area contributed by atoms with Crippen molar-refractivity contribution in [2.75, 3.05) is 37.6 Å². The van der Waals surface area contributed by atoms with E-state index in [1.165, 1.54) is 34.5 Å². The van der Waals surface area contributed by atoms with E-state index < -0.39 is 11.7 Å². The van der Waals surface area contributed by atoms with Crippen LogP contribution in [0.25, 0.3) is 0 Å². The number of nitrogens with zero attached hydrogens (tertiary/aromatic N) is 4. The molecule has 0 amide bonds. The van der Waals surface area contributed by atoms with Gasteiger partial charge in [-0.15, -0.1) is 0 Å². The van der Waals surface area contributed by atoms with Crippen LogP contribution in [0.5, 0.6) is 0 Å². The highest BCUT2D eigenvalue weighted by Gasteiger charge is 2.38. The van der Waals surface area contributed by atoms with Crippen molar-refractivity contribution in [3.63, 3.8) is 0 Å². The number of fused-ring (bicyclic) bond motifs is 1. The van der Waals surface area contributed by atoms with Gasteiger partial charge in [-0.3, -0.25) is 9.80 Å². The first-order chi connectivity index (χ1) is 19.4. The zero-order valence-electron chi connectivity index (χ0n) is 22.8. The lowest BCUT2D eigenvalue weighted by Crippen LogP contribution is -2.49. The van der Waals surface area contributed by atoms with Crippen LogP contribution in [0.3, 0.4) is 0 Å². The quantitative estimate of drug-likeness (QED) is 0.268.